The lowest BCUT2D eigenvalue weighted by atomic mass is 9.76. The van der Waals surface area contributed by atoms with Gasteiger partial charge in [-0.25, -0.2) is 5.06 Å². The van der Waals surface area contributed by atoms with Gasteiger partial charge in [0.25, 0.3) is 5.91 Å². The van der Waals surface area contributed by atoms with Crippen molar-refractivity contribution in [2.45, 2.75) is 41.0 Å². The molecule has 1 aliphatic heterocycles. The van der Waals surface area contributed by atoms with E-state index in [1.165, 1.54) is 16.2 Å². The van der Waals surface area contributed by atoms with E-state index in [2.05, 4.69) is 27.7 Å². The number of amides is 1. The molecule has 0 bridgehead atoms. The number of hydrogen-bond acceptors (Lipinski definition) is 2. The quantitative estimate of drug-likeness (QED) is 0.691. The highest BCUT2D eigenvalue weighted by Gasteiger charge is 2.47. The molecule has 0 saturated carbocycles. The van der Waals surface area contributed by atoms with Crippen LogP contribution >= 0.6 is 0 Å². The molecule has 1 unspecified atom stereocenters. The summed E-state index contributed by atoms with van der Waals surface area (Å²) >= 11 is 0. The molecule has 1 atom stereocenters. The van der Waals surface area contributed by atoms with E-state index < -0.39 is 0 Å². The minimum Gasteiger partial charge on any atom is -0.274 e. The van der Waals surface area contributed by atoms with E-state index in [0.717, 1.165) is 6.42 Å². The summed E-state index contributed by atoms with van der Waals surface area (Å²) in [7, 11) is 1.56. The van der Waals surface area contributed by atoms with Crippen LogP contribution < -0.4 is 0 Å². The van der Waals surface area contributed by atoms with Gasteiger partial charge >= 0.3 is 0 Å². The molecular formula is C13H23NO2. The van der Waals surface area contributed by atoms with Crippen molar-refractivity contribution in [2.75, 3.05) is 13.7 Å². The SMILES string of the molecule is CON1CC(=C(C)C)C(C)(CC(C)C)C1=O. The molecule has 0 aromatic heterocycles. The highest BCUT2D eigenvalue weighted by atomic mass is 16.7. The Morgan fingerprint density at radius 1 is 1.50 bits per heavy atom. The lowest BCUT2D eigenvalue weighted by Gasteiger charge is -2.26. The molecule has 1 aliphatic rings. The first kappa shape index (κ1) is 13.2. The largest absolute Gasteiger partial charge is 0.274 e. The van der Waals surface area contributed by atoms with Gasteiger partial charge in [0.05, 0.1) is 19.1 Å². The van der Waals surface area contributed by atoms with Crippen molar-refractivity contribution in [2.24, 2.45) is 11.3 Å². The lowest BCUT2D eigenvalue weighted by Crippen LogP contribution is -2.33. The normalized spacial score (nSPS) is 25.8. The van der Waals surface area contributed by atoms with Crippen LogP contribution in [0, 0.1) is 11.3 Å². The van der Waals surface area contributed by atoms with Crippen molar-refractivity contribution in [3.05, 3.63) is 11.1 Å². The fourth-order valence-electron chi connectivity index (χ4n) is 2.68. The van der Waals surface area contributed by atoms with Crippen LogP contribution in [-0.4, -0.2) is 24.6 Å². The molecule has 0 aliphatic carbocycles. The summed E-state index contributed by atoms with van der Waals surface area (Å²) in [6.45, 7) is 11.1. The Labute approximate surface area is 98.4 Å². The smallest absolute Gasteiger partial charge is 0.256 e. The number of allylic oxidation sites excluding steroid dienone is 1. The monoisotopic (exact) mass is 225 g/mol. The minimum atomic E-state index is -0.372. The van der Waals surface area contributed by atoms with Crippen LogP contribution in [0.25, 0.3) is 0 Å². The number of hydroxylamine groups is 2. The average molecular weight is 225 g/mol. The first-order valence-corrected chi connectivity index (χ1v) is 5.85. The molecule has 1 amide bonds. The van der Waals surface area contributed by atoms with Crippen molar-refractivity contribution in [1.29, 1.82) is 0 Å². The second-order valence-electron chi connectivity index (χ2n) is 5.43. The molecule has 1 rings (SSSR count). The summed E-state index contributed by atoms with van der Waals surface area (Å²) in [5, 5.41) is 1.48. The lowest BCUT2D eigenvalue weighted by molar-refractivity contribution is -0.173. The van der Waals surface area contributed by atoms with Crippen LogP contribution in [0.2, 0.25) is 0 Å². The van der Waals surface area contributed by atoms with E-state index >= 15 is 0 Å². The van der Waals surface area contributed by atoms with Gasteiger partial charge in [-0.2, -0.15) is 0 Å². The van der Waals surface area contributed by atoms with E-state index in [0.29, 0.717) is 12.5 Å². The summed E-state index contributed by atoms with van der Waals surface area (Å²) in [6, 6.07) is 0. The van der Waals surface area contributed by atoms with Crippen molar-refractivity contribution in [3.8, 4) is 0 Å². The maximum atomic E-state index is 12.3. The Hall–Kier alpha value is -0.830. The molecule has 0 aromatic carbocycles. The highest BCUT2D eigenvalue weighted by molar-refractivity contribution is 5.88. The molecule has 1 heterocycles. The summed E-state index contributed by atoms with van der Waals surface area (Å²) in [6.07, 6.45) is 0.881. The van der Waals surface area contributed by atoms with Crippen LogP contribution in [0.15, 0.2) is 11.1 Å². The molecule has 16 heavy (non-hydrogen) atoms. The maximum Gasteiger partial charge on any atom is 0.256 e. The second kappa shape index (κ2) is 4.58. The third kappa shape index (κ3) is 2.14. The van der Waals surface area contributed by atoms with Crippen LogP contribution in [0.1, 0.15) is 41.0 Å². The van der Waals surface area contributed by atoms with Gasteiger partial charge in [0.2, 0.25) is 0 Å². The van der Waals surface area contributed by atoms with Crippen LogP contribution in [0.3, 0.4) is 0 Å². The Morgan fingerprint density at radius 3 is 2.44 bits per heavy atom. The number of nitrogens with zero attached hydrogens (tertiary/aromatic N) is 1. The van der Waals surface area contributed by atoms with Crippen molar-refractivity contribution in [3.63, 3.8) is 0 Å². The zero-order chi connectivity index (χ0) is 12.5. The molecule has 1 saturated heterocycles. The number of carbonyl (C=O) groups excluding carboxylic acids is 1. The summed E-state index contributed by atoms with van der Waals surface area (Å²) in [4.78, 5) is 17.4. The fraction of sp³-hybridized carbons (Fsp3) is 0.769. The molecule has 0 N–H and O–H groups in total. The predicted octanol–water partition coefficient (Wildman–Crippen LogP) is 2.78. The molecule has 0 spiro atoms. The van der Waals surface area contributed by atoms with Gasteiger partial charge in [-0.1, -0.05) is 19.4 Å². The molecular weight excluding hydrogens is 202 g/mol. The standard InChI is InChI=1S/C13H23NO2/c1-9(2)7-13(5)11(10(3)4)8-14(16-6)12(13)15/h9H,7-8H2,1-6H3. The summed E-state index contributed by atoms with van der Waals surface area (Å²) < 4.78 is 0. The Morgan fingerprint density at radius 2 is 2.06 bits per heavy atom. The van der Waals surface area contributed by atoms with Crippen molar-refractivity contribution < 1.29 is 9.63 Å². The van der Waals surface area contributed by atoms with Crippen molar-refractivity contribution in [1.82, 2.24) is 5.06 Å². The van der Waals surface area contributed by atoms with E-state index in [1.807, 2.05) is 6.92 Å². The molecule has 92 valence electrons. The topological polar surface area (TPSA) is 29.5 Å². The number of hydrogen-bond donors (Lipinski definition) is 0. The van der Waals surface area contributed by atoms with Gasteiger partial charge in [-0.15, -0.1) is 0 Å². The third-order valence-corrected chi connectivity index (χ3v) is 3.31. The first-order chi connectivity index (χ1) is 7.32. The minimum absolute atomic E-state index is 0.0971. The van der Waals surface area contributed by atoms with Gasteiger partial charge in [0, 0.05) is 0 Å². The Balaban J connectivity index is 3.12. The van der Waals surface area contributed by atoms with Gasteiger partial charge in [-0.3, -0.25) is 9.63 Å². The number of rotatable bonds is 3. The maximum absolute atomic E-state index is 12.3. The van der Waals surface area contributed by atoms with Crippen LogP contribution in [0.5, 0.6) is 0 Å². The molecule has 3 nitrogen and oxygen atoms in total. The summed E-state index contributed by atoms with van der Waals surface area (Å²) in [5.41, 5.74) is 2.08. The van der Waals surface area contributed by atoms with Gasteiger partial charge in [-0.05, 0) is 38.7 Å². The average Bonchev–Trinajstić information content (AvgIpc) is 2.39. The zero-order valence-corrected chi connectivity index (χ0v) is 11.3. The third-order valence-electron chi connectivity index (χ3n) is 3.31. The van der Waals surface area contributed by atoms with E-state index in [-0.39, 0.29) is 11.3 Å². The van der Waals surface area contributed by atoms with E-state index in [1.54, 1.807) is 7.11 Å². The first-order valence-electron chi connectivity index (χ1n) is 5.85. The highest BCUT2D eigenvalue weighted by Crippen LogP contribution is 2.43. The van der Waals surface area contributed by atoms with Gasteiger partial charge in [0.15, 0.2) is 0 Å². The van der Waals surface area contributed by atoms with Gasteiger partial charge < -0.3 is 0 Å². The van der Waals surface area contributed by atoms with Gasteiger partial charge in [0.1, 0.15) is 0 Å². The molecule has 0 aromatic rings. The fourth-order valence-corrected chi connectivity index (χ4v) is 2.68. The van der Waals surface area contributed by atoms with Crippen LogP contribution in [-0.2, 0) is 9.63 Å². The number of carbonyl (C=O) groups is 1. The molecule has 1 fully saturated rings. The van der Waals surface area contributed by atoms with E-state index in [9.17, 15) is 4.79 Å². The zero-order valence-electron chi connectivity index (χ0n) is 11.3. The van der Waals surface area contributed by atoms with Crippen LogP contribution in [0.4, 0.5) is 0 Å². The Bertz CT molecular complexity index is 316. The predicted molar refractivity (Wildman–Crippen MR) is 64.7 cm³/mol. The van der Waals surface area contributed by atoms with E-state index in [4.69, 9.17) is 4.84 Å². The molecule has 0 radical (unpaired) electrons. The molecule has 3 heteroatoms. The summed E-state index contributed by atoms with van der Waals surface area (Å²) in [5.74, 6) is 0.597. The van der Waals surface area contributed by atoms with Crippen molar-refractivity contribution >= 4 is 5.91 Å². The second-order valence-corrected chi connectivity index (χ2v) is 5.43. The Kier molecular flexibility index (Phi) is 3.79.